The van der Waals surface area contributed by atoms with Gasteiger partial charge in [0.1, 0.15) is 5.82 Å². The lowest BCUT2D eigenvalue weighted by Gasteiger charge is -2.06. The van der Waals surface area contributed by atoms with E-state index in [2.05, 4.69) is 10.6 Å². The molecule has 0 aliphatic carbocycles. The van der Waals surface area contributed by atoms with Crippen molar-refractivity contribution in [2.45, 2.75) is 6.42 Å². The maximum atomic E-state index is 12.9. The lowest BCUT2D eigenvalue weighted by Crippen LogP contribution is -2.30. The molecule has 0 atom stereocenters. The minimum atomic E-state index is -0.163. The number of halogens is 1. The van der Waals surface area contributed by atoms with Crippen LogP contribution in [0, 0.1) is 5.82 Å². The molecule has 0 amide bonds. The van der Waals surface area contributed by atoms with E-state index < -0.39 is 0 Å². The first-order chi connectivity index (χ1) is 8.33. The first kappa shape index (κ1) is 14.1. The number of nitrogens with one attached hydrogen (secondary N) is 2. The van der Waals surface area contributed by atoms with Crippen LogP contribution in [-0.4, -0.2) is 39.9 Å². The van der Waals surface area contributed by atoms with Crippen molar-refractivity contribution in [1.82, 2.24) is 10.6 Å². The Morgan fingerprint density at radius 2 is 1.88 bits per heavy atom. The topological polar surface area (TPSA) is 33.3 Å². The number of hydrogen-bond donors (Lipinski definition) is 2. The van der Waals surface area contributed by atoms with Crippen LogP contribution in [0.5, 0.6) is 0 Å². The minimum absolute atomic E-state index is 0.163. The normalized spacial score (nSPS) is 10.7. The minimum Gasteiger partial charge on any atom is -0.383 e. The molecule has 0 saturated heterocycles. The molecule has 0 radical (unpaired) electrons. The van der Waals surface area contributed by atoms with Crippen LogP contribution >= 0.6 is 0 Å². The van der Waals surface area contributed by atoms with E-state index in [4.69, 9.17) is 4.74 Å². The fraction of sp³-hybridized carbons (Fsp3) is 0.538. The van der Waals surface area contributed by atoms with Crippen molar-refractivity contribution < 1.29 is 9.13 Å². The second kappa shape index (κ2) is 9.10. The predicted octanol–water partition coefficient (Wildman–Crippen LogP) is 1.19. The Morgan fingerprint density at radius 3 is 2.59 bits per heavy atom. The molecule has 1 aromatic carbocycles. The zero-order valence-corrected chi connectivity index (χ0v) is 10.3. The van der Waals surface area contributed by atoms with Crippen LogP contribution in [0.3, 0.4) is 0 Å². The molecular formula is C13H21FN2O. The van der Waals surface area contributed by atoms with E-state index in [1.807, 2.05) is 6.07 Å². The summed E-state index contributed by atoms with van der Waals surface area (Å²) in [5, 5.41) is 6.55. The van der Waals surface area contributed by atoms with Gasteiger partial charge in [-0.25, -0.2) is 4.39 Å². The Morgan fingerprint density at radius 1 is 1.12 bits per heavy atom. The zero-order chi connectivity index (χ0) is 12.3. The number of rotatable bonds is 9. The van der Waals surface area contributed by atoms with Gasteiger partial charge in [0.05, 0.1) is 6.61 Å². The van der Waals surface area contributed by atoms with Gasteiger partial charge in [-0.15, -0.1) is 0 Å². The molecule has 17 heavy (non-hydrogen) atoms. The largest absolute Gasteiger partial charge is 0.383 e. The molecule has 0 aliphatic rings. The van der Waals surface area contributed by atoms with Crippen LogP contribution in [0.25, 0.3) is 0 Å². The summed E-state index contributed by atoms with van der Waals surface area (Å²) in [4.78, 5) is 0. The second-order valence-electron chi connectivity index (χ2n) is 3.87. The Balaban J connectivity index is 1.97. The monoisotopic (exact) mass is 240 g/mol. The van der Waals surface area contributed by atoms with Crippen LogP contribution in [0.2, 0.25) is 0 Å². The number of ether oxygens (including phenoxy) is 1. The van der Waals surface area contributed by atoms with E-state index >= 15 is 0 Å². The highest BCUT2D eigenvalue weighted by Gasteiger charge is 1.94. The first-order valence-corrected chi connectivity index (χ1v) is 5.98. The number of methoxy groups -OCH3 is 1. The lowest BCUT2D eigenvalue weighted by atomic mass is 10.1. The van der Waals surface area contributed by atoms with Gasteiger partial charge in [0.15, 0.2) is 0 Å². The summed E-state index contributed by atoms with van der Waals surface area (Å²) in [7, 11) is 1.69. The maximum Gasteiger partial charge on any atom is 0.123 e. The van der Waals surface area contributed by atoms with Gasteiger partial charge in [-0.2, -0.15) is 0 Å². The van der Waals surface area contributed by atoms with Gasteiger partial charge in [0.2, 0.25) is 0 Å². The molecule has 0 aromatic heterocycles. The van der Waals surface area contributed by atoms with Crippen molar-refractivity contribution in [3.63, 3.8) is 0 Å². The molecule has 0 heterocycles. The highest BCUT2D eigenvalue weighted by Crippen LogP contribution is 2.03. The molecule has 3 nitrogen and oxygen atoms in total. The van der Waals surface area contributed by atoms with Gasteiger partial charge < -0.3 is 15.4 Å². The third kappa shape index (κ3) is 7.05. The lowest BCUT2D eigenvalue weighted by molar-refractivity contribution is 0.199. The second-order valence-corrected chi connectivity index (χ2v) is 3.87. The Kier molecular flexibility index (Phi) is 7.54. The van der Waals surface area contributed by atoms with Gasteiger partial charge in [-0.05, 0) is 30.7 Å². The smallest absolute Gasteiger partial charge is 0.123 e. The predicted molar refractivity (Wildman–Crippen MR) is 67.7 cm³/mol. The van der Waals surface area contributed by atoms with Gasteiger partial charge in [0.25, 0.3) is 0 Å². The molecular weight excluding hydrogens is 219 g/mol. The first-order valence-electron chi connectivity index (χ1n) is 5.98. The van der Waals surface area contributed by atoms with E-state index in [1.165, 1.54) is 6.07 Å². The van der Waals surface area contributed by atoms with Gasteiger partial charge in [-0.3, -0.25) is 0 Å². The van der Waals surface area contributed by atoms with Crippen molar-refractivity contribution >= 4 is 0 Å². The van der Waals surface area contributed by atoms with Crippen LogP contribution in [-0.2, 0) is 11.2 Å². The third-order valence-corrected chi connectivity index (χ3v) is 2.44. The average Bonchev–Trinajstić information content (AvgIpc) is 2.33. The standard InChI is InChI=1S/C13H21FN2O/c1-17-10-9-16-8-7-15-6-5-12-3-2-4-13(14)11-12/h2-4,11,15-16H,5-10H2,1H3. The fourth-order valence-corrected chi connectivity index (χ4v) is 1.53. The van der Waals surface area contributed by atoms with Crippen LogP contribution in [0.4, 0.5) is 4.39 Å². The zero-order valence-electron chi connectivity index (χ0n) is 10.3. The molecule has 2 N–H and O–H groups in total. The summed E-state index contributed by atoms with van der Waals surface area (Å²) in [6.07, 6.45) is 0.857. The van der Waals surface area contributed by atoms with E-state index in [0.717, 1.165) is 44.8 Å². The average molecular weight is 240 g/mol. The molecule has 0 bridgehead atoms. The van der Waals surface area contributed by atoms with Crippen molar-refractivity contribution in [2.24, 2.45) is 0 Å². The maximum absolute atomic E-state index is 12.9. The molecule has 1 aromatic rings. The van der Waals surface area contributed by atoms with Crippen LogP contribution < -0.4 is 10.6 Å². The number of benzene rings is 1. The van der Waals surface area contributed by atoms with Gasteiger partial charge in [-0.1, -0.05) is 12.1 Å². The quantitative estimate of drug-likeness (QED) is 0.636. The van der Waals surface area contributed by atoms with E-state index in [9.17, 15) is 4.39 Å². The summed E-state index contributed by atoms with van der Waals surface area (Å²) in [6, 6.07) is 6.74. The molecule has 0 spiro atoms. The summed E-state index contributed by atoms with van der Waals surface area (Å²) in [5.41, 5.74) is 1.03. The third-order valence-electron chi connectivity index (χ3n) is 2.44. The van der Waals surface area contributed by atoms with Crippen molar-refractivity contribution in [3.8, 4) is 0 Å². The molecule has 4 heteroatoms. The molecule has 0 aliphatic heterocycles. The molecule has 1 rings (SSSR count). The molecule has 0 fully saturated rings. The SMILES string of the molecule is COCCNCCNCCc1cccc(F)c1. The van der Waals surface area contributed by atoms with Gasteiger partial charge >= 0.3 is 0 Å². The Bertz CT molecular complexity index is 307. The van der Waals surface area contributed by atoms with Gasteiger partial charge in [0, 0.05) is 26.7 Å². The summed E-state index contributed by atoms with van der Waals surface area (Å²) >= 11 is 0. The highest BCUT2D eigenvalue weighted by atomic mass is 19.1. The molecule has 0 saturated carbocycles. The highest BCUT2D eigenvalue weighted by molar-refractivity contribution is 5.16. The van der Waals surface area contributed by atoms with Crippen LogP contribution in [0.15, 0.2) is 24.3 Å². The van der Waals surface area contributed by atoms with Crippen LogP contribution in [0.1, 0.15) is 5.56 Å². The Hall–Kier alpha value is -0.970. The number of hydrogen-bond acceptors (Lipinski definition) is 3. The van der Waals surface area contributed by atoms with Crippen molar-refractivity contribution in [2.75, 3.05) is 39.9 Å². The fourth-order valence-electron chi connectivity index (χ4n) is 1.53. The van der Waals surface area contributed by atoms with E-state index in [0.29, 0.717) is 0 Å². The summed E-state index contributed by atoms with van der Waals surface area (Å²) < 4.78 is 17.8. The van der Waals surface area contributed by atoms with Crippen molar-refractivity contribution in [3.05, 3.63) is 35.6 Å². The molecule has 96 valence electrons. The summed E-state index contributed by atoms with van der Waals surface area (Å²) in [6.45, 7) is 4.33. The molecule has 0 unspecified atom stereocenters. The van der Waals surface area contributed by atoms with E-state index in [1.54, 1.807) is 19.2 Å². The van der Waals surface area contributed by atoms with E-state index in [-0.39, 0.29) is 5.82 Å². The summed E-state index contributed by atoms with van der Waals surface area (Å²) in [5.74, 6) is -0.163. The Labute approximate surface area is 102 Å². The van der Waals surface area contributed by atoms with Crippen molar-refractivity contribution in [1.29, 1.82) is 0 Å².